The highest BCUT2D eigenvalue weighted by molar-refractivity contribution is 7.12. The van der Waals surface area contributed by atoms with Gasteiger partial charge in [-0.15, -0.1) is 11.3 Å². The van der Waals surface area contributed by atoms with Gasteiger partial charge in [0, 0.05) is 22.9 Å². The van der Waals surface area contributed by atoms with Crippen LogP contribution in [0, 0.1) is 6.92 Å². The van der Waals surface area contributed by atoms with Gasteiger partial charge in [-0.1, -0.05) is 60.7 Å². The maximum atomic E-state index is 13.7. The Kier molecular flexibility index (Phi) is 6.13. The highest BCUT2D eigenvalue weighted by Gasteiger charge is 2.36. The molecule has 3 aromatic carbocycles. The Balaban J connectivity index is 1.56. The molecule has 0 spiro atoms. The first-order valence-corrected chi connectivity index (χ1v) is 13.2. The molecule has 5 aromatic rings. The molecule has 0 saturated carbocycles. The SMILES string of the molecule is COc1cccc(C2CC(c3c(-c4ccccc4)c4ccc(C)cc4[nH]c3=O)=NN2C(=O)c2cccs2)c1. The molecule has 1 atom stereocenters. The fourth-order valence-corrected chi connectivity index (χ4v) is 5.72. The molecule has 3 heterocycles. The highest BCUT2D eigenvalue weighted by Crippen LogP contribution is 2.38. The number of carbonyl (C=O) groups excluding carboxylic acids is 1. The molecule has 1 amide bonds. The zero-order valence-electron chi connectivity index (χ0n) is 21.0. The van der Waals surface area contributed by atoms with Gasteiger partial charge in [0.2, 0.25) is 0 Å². The number of nitrogens with one attached hydrogen (secondary N) is 1. The second kappa shape index (κ2) is 9.76. The second-order valence-electron chi connectivity index (χ2n) is 9.29. The Morgan fingerprint density at radius 2 is 1.84 bits per heavy atom. The van der Waals surface area contributed by atoms with E-state index in [1.165, 1.54) is 16.3 Å². The van der Waals surface area contributed by atoms with Crippen LogP contribution in [0.2, 0.25) is 0 Å². The molecule has 188 valence electrons. The van der Waals surface area contributed by atoms with E-state index in [0.29, 0.717) is 28.3 Å². The summed E-state index contributed by atoms with van der Waals surface area (Å²) in [6.45, 7) is 2.00. The number of hydrogen-bond donors (Lipinski definition) is 1. The van der Waals surface area contributed by atoms with Gasteiger partial charge in [-0.25, -0.2) is 5.01 Å². The topological polar surface area (TPSA) is 74.8 Å². The van der Waals surface area contributed by atoms with Crippen molar-refractivity contribution in [2.75, 3.05) is 7.11 Å². The molecule has 0 fully saturated rings. The molecule has 6 rings (SSSR count). The molecule has 38 heavy (non-hydrogen) atoms. The van der Waals surface area contributed by atoms with Crippen LogP contribution in [-0.2, 0) is 0 Å². The molecular formula is C31H25N3O3S. The van der Waals surface area contributed by atoms with Crippen molar-refractivity contribution < 1.29 is 9.53 Å². The Bertz CT molecular complexity index is 1740. The van der Waals surface area contributed by atoms with E-state index >= 15 is 0 Å². The van der Waals surface area contributed by atoms with Crippen molar-refractivity contribution in [1.29, 1.82) is 0 Å². The summed E-state index contributed by atoms with van der Waals surface area (Å²) in [5, 5.41) is 9.17. The van der Waals surface area contributed by atoms with E-state index in [2.05, 4.69) is 4.98 Å². The number of methoxy groups -OCH3 is 1. The Morgan fingerprint density at radius 3 is 2.61 bits per heavy atom. The Hall–Kier alpha value is -4.49. The monoisotopic (exact) mass is 519 g/mol. The summed E-state index contributed by atoms with van der Waals surface area (Å²) in [7, 11) is 1.62. The lowest BCUT2D eigenvalue weighted by atomic mass is 9.90. The summed E-state index contributed by atoms with van der Waals surface area (Å²) in [5.74, 6) is 0.500. The van der Waals surface area contributed by atoms with Gasteiger partial charge < -0.3 is 9.72 Å². The second-order valence-corrected chi connectivity index (χ2v) is 10.2. The molecule has 1 aliphatic rings. The van der Waals surface area contributed by atoms with E-state index in [4.69, 9.17) is 9.84 Å². The molecule has 1 N–H and O–H groups in total. The minimum atomic E-state index is -0.383. The number of benzene rings is 3. The number of aryl methyl sites for hydroxylation is 1. The van der Waals surface area contributed by atoms with Crippen molar-refractivity contribution in [3.63, 3.8) is 0 Å². The lowest BCUT2D eigenvalue weighted by Crippen LogP contribution is -2.26. The van der Waals surface area contributed by atoms with E-state index in [0.717, 1.165) is 33.2 Å². The number of nitrogens with zero attached hydrogens (tertiary/aromatic N) is 2. The number of thiophene rings is 1. The average molecular weight is 520 g/mol. The van der Waals surface area contributed by atoms with Crippen LogP contribution in [0.5, 0.6) is 5.75 Å². The zero-order valence-corrected chi connectivity index (χ0v) is 21.8. The molecule has 1 unspecified atom stereocenters. The standard InChI is InChI=1S/C31H25N3O3S/c1-19-13-14-23-24(16-19)32-30(35)29(28(23)20-8-4-3-5-9-20)25-18-26(21-10-6-11-22(17-21)37-2)34(33-25)31(36)27-12-7-15-38-27/h3-17,26H,18H2,1-2H3,(H,32,35). The van der Waals surface area contributed by atoms with Crippen molar-refractivity contribution in [3.05, 3.63) is 122 Å². The van der Waals surface area contributed by atoms with Gasteiger partial charge in [0.15, 0.2) is 0 Å². The van der Waals surface area contributed by atoms with Gasteiger partial charge in [0.1, 0.15) is 5.75 Å². The number of carbonyl (C=O) groups is 1. The molecule has 2 aromatic heterocycles. The van der Waals surface area contributed by atoms with Crippen LogP contribution in [0.25, 0.3) is 22.0 Å². The molecule has 0 radical (unpaired) electrons. The van der Waals surface area contributed by atoms with Gasteiger partial charge in [-0.2, -0.15) is 5.10 Å². The van der Waals surface area contributed by atoms with Gasteiger partial charge in [-0.05, 0) is 53.3 Å². The van der Waals surface area contributed by atoms with Gasteiger partial charge in [0.05, 0.1) is 29.3 Å². The molecular weight excluding hydrogens is 494 g/mol. The first kappa shape index (κ1) is 23.9. The molecule has 0 bridgehead atoms. The van der Waals surface area contributed by atoms with E-state index in [9.17, 15) is 9.59 Å². The lowest BCUT2D eigenvalue weighted by Gasteiger charge is -2.22. The Morgan fingerprint density at radius 1 is 1.00 bits per heavy atom. The smallest absolute Gasteiger partial charge is 0.284 e. The third-order valence-corrected chi connectivity index (χ3v) is 7.71. The predicted octanol–water partition coefficient (Wildman–Crippen LogP) is 6.57. The van der Waals surface area contributed by atoms with Crippen molar-refractivity contribution in [1.82, 2.24) is 9.99 Å². The summed E-state index contributed by atoms with van der Waals surface area (Å²) in [6.07, 6.45) is 0.393. The van der Waals surface area contributed by atoms with Crippen LogP contribution in [-0.4, -0.2) is 28.7 Å². The van der Waals surface area contributed by atoms with E-state index in [-0.39, 0.29) is 17.5 Å². The predicted molar refractivity (Wildman–Crippen MR) is 152 cm³/mol. The normalized spacial score (nSPS) is 15.1. The molecule has 1 aliphatic heterocycles. The number of hydrazone groups is 1. The van der Waals surface area contributed by atoms with Gasteiger partial charge >= 0.3 is 0 Å². The molecule has 6 nitrogen and oxygen atoms in total. The largest absolute Gasteiger partial charge is 0.497 e. The fourth-order valence-electron chi connectivity index (χ4n) is 5.06. The molecule has 0 aliphatic carbocycles. The van der Waals surface area contributed by atoms with E-state index in [1.54, 1.807) is 13.2 Å². The minimum Gasteiger partial charge on any atom is -0.497 e. The molecule has 7 heteroatoms. The first-order valence-electron chi connectivity index (χ1n) is 12.3. The number of aromatic nitrogens is 1. The number of pyridine rings is 1. The quantitative estimate of drug-likeness (QED) is 0.286. The van der Waals surface area contributed by atoms with Crippen LogP contribution < -0.4 is 10.3 Å². The highest BCUT2D eigenvalue weighted by atomic mass is 32.1. The number of aromatic amines is 1. The van der Waals surface area contributed by atoms with Crippen LogP contribution in [0.1, 0.15) is 38.8 Å². The van der Waals surface area contributed by atoms with Crippen molar-refractivity contribution in [2.45, 2.75) is 19.4 Å². The van der Waals surface area contributed by atoms with Crippen molar-refractivity contribution >= 4 is 33.9 Å². The lowest BCUT2D eigenvalue weighted by molar-refractivity contribution is 0.0716. The summed E-state index contributed by atoms with van der Waals surface area (Å²) in [6, 6.07) is 26.9. The summed E-state index contributed by atoms with van der Waals surface area (Å²) < 4.78 is 5.45. The number of hydrogen-bond acceptors (Lipinski definition) is 5. The fraction of sp³-hybridized carbons (Fsp3) is 0.129. The Labute approximate surface area is 223 Å². The third-order valence-electron chi connectivity index (χ3n) is 6.85. The van der Waals surface area contributed by atoms with Crippen LogP contribution in [0.15, 0.2) is 100 Å². The van der Waals surface area contributed by atoms with E-state index < -0.39 is 0 Å². The minimum absolute atomic E-state index is 0.197. The van der Waals surface area contributed by atoms with Gasteiger partial charge in [-0.3, -0.25) is 9.59 Å². The van der Waals surface area contributed by atoms with E-state index in [1.807, 2.05) is 91.2 Å². The number of ether oxygens (including phenoxy) is 1. The van der Waals surface area contributed by atoms with Crippen LogP contribution in [0.4, 0.5) is 0 Å². The molecule has 0 saturated heterocycles. The average Bonchev–Trinajstić information content (AvgIpc) is 3.63. The van der Waals surface area contributed by atoms with Crippen molar-refractivity contribution in [2.24, 2.45) is 5.10 Å². The summed E-state index contributed by atoms with van der Waals surface area (Å²) in [5.41, 5.74) is 5.30. The van der Waals surface area contributed by atoms with Crippen molar-refractivity contribution in [3.8, 4) is 16.9 Å². The van der Waals surface area contributed by atoms with Crippen LogP contribution in [0.3, 0.4) is 0 Å². The first-order chi connectivity index (χ1) is 18.5. The summed E-state index contributed by atoms with van der Waals surface area (Å²) >= 11 is 1.37. The van der Waals surface area contributed by atoms with Gasteiger partial charge in [0.25, 0.3) is 11.5 Å². The van der Waals surface area contributed by atoms with Crippen LogP contribution >= 0.6 is 11.3 Å². The zero-order chi connectivity index (χ0) is 26.2. The number of fused-ring (bicyclic) bond motifs is 1. The number of amides is 1. The number of H-pyrrole nitrogens is 1. The third kappa shape index (κ3) is 4.21. The maximum Gasteiger partial charge on any atom is 0.284 e. The summed E-state index contributed by atoms with van der Waals surface area (Å²) in [4.78, 5) is 31.0. The number of rotatable bonds is 5. The maximum absolute atomic E-state index is 13.7.